The summed E-state index contributed by atoms with van der Waals surface area (Å²) in [7, 11) is 0. The van der Waals surface area contributed by atoms with E-state index in [9.17, 15) is 9.59 Å². The molecule has 1 unspecified atom stereocenters. The average Bonchev–Trinajstić information content (AvgIpc) is 2.67. The molecule has 0 radical (unpaired) electrons. The van der Waals surface area contributed by atoms with Crippen molar-refractivity contribution in [2.45, 2.75) is 20.3 Å². The zero-order valence-corrected chi connectivity index (χ0v) is 15.6. The minimum atomic E-state index is -0.826. The van der Waals surface area contributed by atoms with Crippen LogP contribution in [-0.2, 0) is 16.0 Å². The maximum atomic E-state index is 12.6. The van der Waals surface area contributed by atoms with Gasteiger partial charge in [0, 0.05) is 12.3 Å². The van der Waals surface area contributed by atoms with Crippen LogP contribution in [-0.4, -0.2) is 36.8 Å². The van der Waals surface area contributed by atoms with Crippen LogP contribution < -0.4 is 10.1 Å². The van der Waals surface area contributed by atoms with Gasteiger partial charge in [0.05, 0.1) is 18.1 Å². The highest BCUT2D eigenvalue weighted by atomic mass is 16.5. The van der Waals surface area contributed by atoms with E-state index in [2.05, 4.69) is 5.32 Å². The molecule has 2 aromatic carbocycles. The molecule has 144 valence electrons. The molecule has 2 aromatic rings. The molecular formula is C21H25NO5. The van der Waals surface area contributed by atoms with Crippen LogP contribution in [0.2, 0.25) is 0 Å². The van der Waals surface area contributed by atoms with Crippen molar-refractivity contribution in [3.63, 3.8) is 0 Å². The quantitative estimate of drug-likeness (QED) is 0.623. The van der Waals surface area contributed by atoms with E-state index in [-0.39, 0.29) is 5.91 Å². The van der Waals surface area contributed by atoms with E-state index in [4.69, 9.17) is 14.6 Å². The van der Waals surface area contributed by atoms with Gasteiger partial charge in [-0.15, -0.1) is 0 Å². The molecule has 27 heavy (non-hydrogen) atoms. The minimum absolute atomic E-state index is 0.270. The number of para-hydroxylation sites is 1. The summed E-state index contributed by atoms with van der Waals surface area (Å²) in [5.74, 6) is -1.05. The zero-order valence-electron chi connectivity index (χ0n) is 15.6. The molecule has 2 rings (SSSR count). The Bertz CT molecular complexity index is 757. The number of aliphatic carboxylic acids is 1. The molecule has 0 saturated carbocycles. The second kappa shape index (κ2) is 10.3. The third-order valence-electron chi connectivity index (χ3n) is 4.00. The van der Waals surface area contributed by atoms with E-state index in [0.717, 1.165) is 5.56 Å². The number of carboxylic acids is 1. The number of nitrogens with one attached hydrogen (secondary N) is 1. The predicted octanol–water partition coefficient (Wildman–Crippen LogP) is 3.62. The van der Waals surface area contributed by atoms with Gasteiger partial charge in [0.15, 0.2) is 0 Å². The molecule has 2 N–H and O–H groups in total. The normalized spacial score (nSPS) is 11.6. The molecule has 1 amide bonds. The van der Waals surface area contributed by atoms with Crippen molar-refractivity contribution in [3.05, 3.63) is 59.7 Å². The molecule has 1 atom stereocenters. The summed E-state index contributed by atoms with van der Waals surface area (Å²) < 4.78 is 10.9. The van der Waals surface area contributed by atoms with Gasteiger partial charge in [-0.25, -0.2) is 0 Å². The highest BCUT2D eigenvalue weighted by Gasteiger charge is 2.14. The third-order valence-corrected chi connectivity index (χ3v) is 4.00. The highest BCUT2D eigenvalue weighted by Crippen LogP contribution is 2.20. The second-order valence-electron chi connectivity index (χ2n) is 6.14. The van der Waals surface area contributed by atoms with Crippen molar-refractivity contribution in [1.82, 2.24) is 0 Å². The minimum Gasteiger partial charge on any atom is -0.490 e. The second-order valence-corrected chi connectivity index (χ2v) is 6.14. The van der Waals surface area contributed by atoms with E-state index < -0.39 is 11.9 Å². The summed E-state index contributed by atoms with van der Waals surface area (Å²) in [5, 5.41) is 11.8. The number of carbonyl (C=O) groups excluding carboxylic acids is 1. The first kappa shape index (κ1) is 20.5. The first-order chi connectivity index (χ1) is 13.0. The smallest absolute Gasteiger partial charge is 0.306 e. The Labute approximate surface area is 159 Å². The monoisotopic (exact) mass is 371 g/mol. The van der Waals surface area contributed by atoms with Gasteiger partial charge in [0.1, 0.15) is 12.4 Å². The molecule has 6 heteroatoms. The van der Waals surface area contributed by atoms with Gasteiger partial charge in [-0.3, -0.25) is 9.59 Å². The largest absolute Gasteiger partial charge is 0.490 e. The fraction of sp³-hybridized carbons (Fsp3) is 0.333. The zero-order chi connectivity index (χ0) is 19.6. The first-order valence-corrected chi connectivity index (χ1v) is 8.94. The van der Waals surface area contributed by atoms with E-state index in [1.165, 1.54) is 0 Å². The Morgan fingerprint density at radius 1 is 1.07 bits per heavy atom. The topological polar surface area (TPSA) is 84.9 Å². The summed E-state index contributed by atoms with van der Waals surface area (Å²) in [6.45, 7) is 5.03. The van der Waals surface area contributed by atoms with Crippen LogP contribution in [0.4, 0.5) is 5.69 Å². The van der Waals surface area contributed by atoms with Gasteiger partial charge in [0.2, 0.25) is 0 Å². The maximum absolute atomic E-state index is 12.6. The maximum Gasteiger partial charge on any atom is 0.306 e. The van der Waals surface area contributed by atoms with Crippen LogP contribution in [0.25, 0.3) is 0 Å². The Kier molecular flexibility index (Phi) is 7.82. The van der Waals surface area contributed by atoms with Crippen molar-refractivity contribution >= 4 is 17.6 Å². The molecule has 0 aliphatic carbocycles. The SMILES string of the molecule is CCOCCOc1ccccc1C(=O)Nc1ccc(CC(C)C(=O)O)cc1. The summed E-state index contributed by atoms with van der Waals surface area (Å²) in [4.78, 5) is 23.5. The summed E-state index contributed by atoms with van der Waals surface area (Å²) in [6, 6.07) is 14.2. The van der Waals surface area contributed by atoms with Crippen LogP contribution in [0.15, 0.2) is 48.5 Å². The van der Waals surface area contributed by atoms with Crippen LogP contribution in [0.5, 0.6) is 5.75 Å². The van der Waals surface area contributed by atoms with Gasteiger partial charge < -0.3 is 19.9 Å². The van der Waals surface area contributed by atoms with Gasteiger partial charge in [-0.2, -0.15) is 0 Å². The molecule has 0 heterocycles. The lowest BCUT2D eigenvalue weighted by molar-refractivity contribution is -0.141. The van der Waals surface area contributed by atoms with Gasteiger partial charge in [-0.1, -0.05) is 31.2 Å². The first-order valence-electron chi connectivity index (χ1n) is 8.94. The molecule has 0 aliphatic heterocycles. The van der Waals surface area contributed by atoms with Crippen LogP contribution in [0.3, 0.4) is 0 Å². The number of anilines is 1. The lowest BCUT2D eigenvalue weighted by Crippen LogP contribution is -2.15. The molecule has 0 aliphatic rings. The molecule has 0 saturated heterocycles. The Morgan fingerprint density at radius 3 is 2.44 bits per heavy atom. The third kappa shape index (κ3) is 6.42. The molecule has 0 aromatic heterocycles. The Hall–Kier alpha value is -2.86. The average molecular weight is 371 g/mol. The van der Waals surface area contributed by atoms with Crippen molar-refractivity contribution in [2.24, 2.45) is 5.92 Å². The molecular weight excluding hydrogens is 346 g/mol. The number of carbonyl (C=O) groups is 2. The fourth-order valence-corrected chi connectivity index (χ4v) is 2.50. The Morgan fingerprint density at radius 2 is 1.78 bits per heavy atom. The van der Waals surface area contributed by atoms with Crippen molar-refractivity contribution < 1.29 is 24.2 Å². The molecule has 6 nitrogen and oxygen atoms in total. The van der Waals surface area contributed by atoms with E-state index in [1.807, 2.05) is 25.1 Å². The molecule has 0 fully saturated rings. The summed E-state index contributed by atoms with van der Waals surface area (Å²) >= 11 is 0. The predicted molar refractivity (Wildman–Crippen MR) is 103 cm³/mol. The van der Waals surface area contributed by atoms with Crippen LogP contribution in [0, 0.1) is 5.92 Å². The number of amides is 1. The van der Waals surface area contributed by atoms with Crippen molar-refractivity contribution in [3.8, 4) is 5.75 Å². The van der Waals surface area contributed by atoms with Gasteiger partial charge in [0.25, 0.3) is 5.91 Å². The molecule has 0 spiro atoms. The number of ether oxygens (including phenoxy) is 2. The van der Waals surface area contributed by atoms with Gasteiger partial charge >= 0.3 is 5.97 Å². The number of hydrogen-bond acceptors (Lipinski definition) is 4. The Balaban J connectivity index is 1.99. The van der Waals surface area contributed by atoms with Gasteiger partial charge in [-0.05, 0) is 43.2 Å². The lowest BCUT2D eigenvalue weighted by Gasteiger charge is -2.12. The molecule has 0 bridgehead atoms. The number of carboxylic acid groups (broad SMARTS) is 1. The van der Waals surface area contributed by atoms with Crippen LogP contribution in [0.1, 0.15) is 29.8 Å². The van der Waals surface area contributed by atoms with Crippen molar-refractivity contribution in [1.29, 1.82) is 0 Å². The standard InChI is InChI=1S/C21H25NO5/c1-3-26-12-13-27-19-7-5-4-6-18(19)20(23)22-17-10-8-16(9-11-17)14-15(2)21(24)25/h4-11,15H,3,12-14H2,1-2H3,(H,22,23)(H,24,25). The highest BCUT2D eigenvalue weighted by molar-refractivity contribution is 6.06. The lowest BCUT2D eigenvalue weighted by atomic mass is 10.0. The van der Waals surface area contributed by atoms with Crippen LogP contribution >= 0.6 is 0 Å². The van der Waals surface area contributed by atoms with E-state index >= 15 is 0 Å². The fourth-order valence-electron chi connectivity index (χ4n) is 2.50. The number of hydrogen-bond donors (Lipinski definition) is 2. The van der Waals surface area contributed by atoms with E-state index in [0.29, 0.717) is 43.2 Å². The number of benzene rings is 2. The van der Waals surface area contributed by atoms with E-state index in [1.54, 1.807) is 37.3 Å². The number of rotatable bonds is 10. The summed E-state index contributed by atoms with van der Waals surface area (Å²) in [6.07, 6.45) is 0.445. The van der Waals surface area contributed by atoms with Crippen molar-refractivity contribution in [2.75, 3.05) is 25.1 Å². The summed E-state index contributed by atoms with van der Waals surface area (Å²) in [5.41, 5.74) is 1.98.